The van der Waals surface area contributed by atoms with Crippen molar-refractivity contribution in [2.45, 2.75) is 56.7 Å². The van der Waals surface area contributed by atoms with Gasteiger partial charge in [-0.15, -0.1) is 0 Å². The molecule has 1 aliphatic heterocycles. The molecule has 0 saturated carbocycles. The standard InChI is InChI=1S/C18H33N3O6S3/c1-7-28(22,23)15(4)10-18(11-16(5)29(24,25)8-2)20-13-19-14-21(18)12-17(6)30(26,27)9-3/h7-8,12,15-16,19-20H,1-2,9-11,13-14H2,3-6H3. The smallest absolute Gasteiger partial charge is 0.175 e. The average Bonchev–Trinajstić information content (AvgIpc) is 2.69. The highest BCUT2D eigenvalue weighted by Gasteiger charge is 2.43. The number of nitrogens with zero attached hydrogens (tertiary/aromatic N) is 1. The molecular formula is C18H33N3O6S3. The molecule has 0 spiro atoms. The van der Waals surface area contributed by atoms with E-state index < -0.39 is 45.7 Å². The highest BCUT2D eigenvalue weighted by molar-refractivity contribution is 7.95. The summed E-state index contributed by atoms with van der Waals surface area (Å²) >= 11 is 0. The molecule has 12 heteroatoms. The minimum atomic E-state index is -3.63. The Morgan fingerprint density at radius 3 is 1.90 bits per heavy atom. The maximum atomic E-state index is 12.4. The van der Waals surface area contributed by atoms with Gasteiger partial charge in [-0.25, -0.2) is 25.3 Å². The van der Waals surface area contributed by atoms with Crippen molar-refractivity contribution in [3.63, 3.8) is 0 Å². The Morgan fingerprint density at radius 2 is 1.50 bits per heavy atom. The van der Waals surface area contributed by atoms with Gasteiger partial charge in [0.15, 0.2) is 29.5 Å². The van der Waals surface area contributed by atoms with E-state index >= 15 is 0 Å². The lowest BCUT2D eigenvalue weighted by Crippen LogP contribution is -2.68. The van der Waals surface area contributed by atoms with Crippen LogP contribution in [0.2, 0.25) is 0 Å². The van der Waals surface area contributed by atoms with Gasteiger partial charge in [-0.3, -0.25) is 10.6 Å². The Kier molecular flexibility index (Phi) is 8.89. The van der Waals surface area contributed by atoms with Crippen LogP contribution in [-0.2, 0) is 29.5 Å². The predicted octanol–water partition coefficient (Wildman–Crippen LogP) is 1.06. The number of allylic oxidation sites excluding steroid dienone is 1. The van der Waals surface area contributed by atoms with Crippen molar-refractivity contribution in [1.82, 2.24) is 15.5 Å². The molecule has 0 aromatic heterocycles. The maximum Gasteiger partial charge on any atom is 0.175 e. The molecule has 2 N–H and O–H groups in total. The zero-order valence-corrected chi connectivity index (χ0v) is 20.4. The monoisotopic (exact) mass is 483 g/mol. The van der Waals surface area contributed by atoms with Crippen LogP contribution < -0.4 is 10.6 Å². The SMILES string of the molecule is C=CS(=O)(=O)C(C)CC1(CC(C)S(=O)(=O)C=C)NCNCN1C=C(C)S(=O)(=O)CC. The first kappa shape index (κ1) is 26.8. The van der Waals surface area contributed by atoms with E-state index in [9.17, 15) is 25.3 Å². The van der Waals surface area contributed by atoms with Gasteiger partial charge in [-0.2, -0.15) is 0 Å². The summed E-state index contributed by atoms with van der Waals surface area (Å²) in [5.41, 5.74) is -1.12. The lowest BCUT2D eigenvalue weighted by Gasteiger charge is -2.50. The third-order valence-corrected chi connectivity index (χ3v) is 10.8. The molecule has 2 unspecified atom stereocenters. The van der Waals surface area contributed by atoms with Crippen LogP contribution in [0.1, 0.15) is 40.5 Å². The first-order valence-corrected chi connectivity index (χ1v) is 14.4. The quantitative estimate of drug-likeness (QED) is 0.443. The van der Waals surface area contributed by atoms with Crippen LogP contribution in [0.5, 0.6) is 0 Å². The van der Waals surface area contributed by atoms with Crippen LogP contribution in [0.3, 0.4) is 0 Å². The fourth-order valence-corrected chi connectivity index (χ4v) is 5.74. The molecule has 0 aliphatic carbocycles. The Labute approximate surface area is 181 Å². The zero-order chi connectivity index (χ0) is 23.4. The molecule has 9 nitrogen and oxygen atoms in total. The van der Waals surface area contributed by atoms with Crippen molar-refractivity contribution in [2.75, 3.05) is 19.1 Å². The molecule has 1 heterocycles. The van der Waals surface area contributed by atoms with Crippen LogP contribution in [-0.4, -0.2) is 65.4 Å². The molecule has 2 atom stereocenters. The average molecular weight is 484 g/mol. The van der Waals surface area contributed by atoms with Crippen molar-refractivity contribution >= 4 is 29.5 Å². The van der Waals surface area contributed by atoms with Gasteiger partial charge in [-0.05, 0) is 20.8 Å². The van der Waals surface area contributed by atoms with Crippen molar-refractivity contribution in [3.05, 3.63) is 35.1 Å². The topological polar surface area (TPSA) is 130 Å². The van der Waals surface area contributed by atoms with Gasteiger partial charge in [0, 0.05) is 36.5 Å². The Bertz CT molecular complexity index is 938. The van der Waals surface area contributed by atoms with Gasteiger partial charge in [0.1, 0.15) is 0 Å². The van der Waals surface area contributed by atoms with E-state index in [1.54, 1.807) is 4.90 Å². The lowest BCUT2D eigenvalue weighted by molar-refractivity contribution is 0.0394. The van der Waals surface area contributed by atoms with Crippen LogP contribution in [0.15, 0.2) is 35.1 Å². The van der Waals surface area contributed by atoms with Crippen LogP contribution in [0.25, 0.3) is 0 Å². The first-order chi connectivity index (χ1) is 13.7. The number of hydrogen-bond acceptors (Lipinski definition) is 9. The number of sulfone groups is 3. The minimum Gasteiger partial charge on any atom is -0.346 e. The number of nitrogens with one attached hydrogen (secondary N) is 2. The summed E-state index contributed by atoms with van der Waals surface area (Å²) in [5, 5.41) is 6.25. The van der Waals surface area contributed by atoms with Crippen molar-refractivity contribution in [1.29, 1.82) is 0 Å². The van der Waals surface area contributed by atoms with E-state index in [-0.39, 0.29) is 30.2 Å². The molecular weight excluding hydrogens is 450 g/mol. The molecule has 1 rings (SSSR count). The summed E-state index contributed by atoms with van der Waals surface area (Å²) in [6, 6.07) is 0. The summed E-state index contributed by atoms with van der Waals surface area (Å²) in [6.07, 6.45) is 1.49. The molecule has 1 aliphatic rings. The predicted molar refractivity (Wildman–Crippen MR) is 120 cm³/mol. The third kappa shape index (κ3) is 6.16. The summed E-state index contributed by atoms with van der Waals surface area (Å²) in [7, 11) is -10.7. The third-order valence-electron chi connectivity index (χ3n) is 5.42. The van der Waals surface area contributed by atoms with Gasteiger partial charge in [-0.1, -0.05) is 20.1 Å². The fraction of sp³-hybridized carbons (Fsp3) is 0.667. The van der Waals surface area contributed by atoms with Crippen molar-refractivity contribution < 1.29 is 25.3 Å². The summed E-state index contributed by atoms with van der Waals surface area (Å²) in [6.45, 7) is 13.3. The van der Waals surface area contributed by atoms with E-state index in [0.29, 0.717) is 6.67 Å². The molecule has 0 aromatic rings. The van der Waals surface area contributed by atoms with Crippen LogP contribution in [0, 0.1) is 0 Å². The molecule has 0 amide bonds. The molecule has 1 saturated heterocycles. The van der Waals surface area contributed by atoms with Crippen molar-refractivity contribution in [2.24, 2.45) is 0 Å². The van der Waals surface area contributed by atoms with E-state index in [4.69, 9.17) is 0 Å². The zero-order valence-electron chi connectivity index (χ0n) is 18.0. The van der Waals surface area contributed by atoms with E-state index in [2.05, 4.69) is 23.8 Å². The Morgan fingerprint density at radius 1 is 1.03 bits per heavy atom. The van der Waals surface area contributed by atoms with Crippen LogP contribution in [0.4, 0.5) is 0 Å². The van der Waals surface area contributed by atoms with Gasteiger partial charge >= 0.3 is 0 Å². The summed E-state index contributed by atoms with van der Waals surface area (Å²) in [5.74, 6) is -0.0838. The lowest BCUT2D eigenvalue weighted by atomic mass is 9.95. The van der Waals surface area contributed by atoms with Gasteiger partial charge in [0.25, 0.3) is 0 Å². The molecule has 0 aromatic carbocycles. The Hall–Kier alpha value is -1.21. The fourth-order valence-electron chi connectivity index (χ4n) is 3.33. The second kappa shape index (κ2) is 9.94. The van der Waals surface area contributed by atoms with E-state index in [0.717, 1.165) is 10.8 Å². The highest BCUT2D eigenvalue weighted by atomic mass is 32.2. The second-order valence-electron chi connectivity index (χ2n) is 7.45. The molecule has 30 heavy (non-hydrogen) atoms. The highest BCUT2D eigenvalue weighted by Crippen LogP contribution is 2.32. The van der Waals surface area contributed by atoms with Gasteiger partial charge < -0.3 is 4.90 Å². The maximum absolute atomic E-state index is 12.4. The number of hydrogen-bond donors (Lipinski definition) is 2. The summed E-state index contributed by atoms with van der Waals surface area (Å²) in [4.78, 5) is 1.75. The molecule has 1 fully saturated rings. The molecule has 174 valence electrons. The normalized spacial score (nSPS) is 23.6. The largest absolute Gasteiger partial charge is 0.346 e. The van der Waals surface area contributed by atoms with E-state index in [1.807, 2.05) is 0 Å². The van der Waals surface area contributed by atoms with Gasteiger partial charge in [0.2, 0.25) is 0 Å². The second-order valence-corrected chi connectivity index (χ2v) is 14.5. The first-order valence-electron chi connectivity index (χ1n) is 9.53. The molecule has 0 bridgehead atoms. The van der Waals surface area contributed by atoms with E-state index in [1.165, 1.54) is 33.9 Å². The number of rotatable bonds is 11. The summed E-state index contributed by atoms with van der Waals surface area (Å²) < 4.78 is 74.0. The Balaban J connectivity index is 3.56. The van der Waals surface area contributed by atoms with Crippen LogP contribution >= 0.6 is 0 Å². The van der Waals surface area contributed by atoms with Gasteiger partial charge in [0.05, 0.1) is 33.5 Å². The molecule has 0 radical (unpaired) electrons. The minimum absolute atomic E-state index is 0.0238. The van der Waals surface area contributed by atoms with Crippen molar-refractivity contribution in [3.8, 4) is 0 Å².